The largest absolute Gasteiger partial charge is 0.308 e. The van der Waals surface area contributed by atoms with Gasteiger partial charge in [0.25, 0.3) is 0 Å². The van der Waals surface area contributed by atoms with Crippen LogP contribution in [0.25, 0.3) is 0 Å². The summed E-state index contributed by atoms with van der Waals surface area (Å²) < 4.78 is 0. The Bertz CT molecular complexity index is 375. The first-order valence-corrected chi connectivity index (χ1v) is 8.79. The van der Waals surface area contributed by atoms with Crippen LogP contribution in [0.2, 0.25) is 0 Å². The van der Waals surface area contributed by atoms with Gasteiger partial charge >= 0.3 is 0 Å². The van der Waals surface area contributed by atoms with Crippen molar-refractivity contribution in [3.05, 3.63) is 16.1 Å². The molecule has 1 N–H and O–H groups in total. The van der Waals surface area contributed by atoms with Crippen molar-refractivity contribution in [1.29, 1.82) is 0 Å². The summed E-state index contributed by atoms with van der Waals surface area (Å²) in [5, 5.41) is 7.24. The van der Waals surface area contributed by atoms with E-state index in [-0.39, 0.29) is 0 Å². The highest BCUT2D eigenvalue weighted by Gasteiger charge is 2.32. The predicted molar refractivity (Wildman–Crippen MR) is 83.6 cm³/mol. The lowest BCUT2D eigenvalue weighted by Crippen LogP contribution is -2.35. The first-order chi connectivity index (χ1) is 9.26. The molecule has 1 saturated carbocycles. The number of hydrogen-bond donors (Lipinski definition) is 1. The van der Waals surface area contributed by atoms with Gasteiger partial charge in [-0.05, 0) is 38.1 Å². The second kappa shape index (κ2) is 7.39. The fourth-order valence-corrected chi connectivity index (χ4v) is 4.13. The van der Waals surface area contributed by atoms with Gasteiger partial charge in [0, 0.05) is 5.38 Å². The van der Waals surface area contributed by atoms with Gasteiger partial charge in [0.1, 0.15) is 0 Å². The number of rotatable bonds is 6. The highest BCUT2D eigenvalue weighted by molar-refractivity contribution is 7.09. The maximum atomic E-state index is 4.76. The van der Waals surface area contributed by atoms with E-state index in [1.165, 1.54) is 49.2 Å². The molecule has 3 heteroatoms. The summed E-state index contributed by atoms with van der Waals surface area (Å²) in [5.74, 6) is 1.66. The Hall–Kier alpha value is -0.410. The first-order valence-electron chi connectivity index (χ1n) is 7.91. The molecule has 0 spiro atoms. The third-order valence-electron chi connectivity index (χ3n) is 4.49. The van der Waals surface area contributed by atoms with Crippen LogP contribution < -0.4 is 5.32 Å². The zero-order valence-corrected chi connectivity index (χ0v) is 13.4. The van der Waals surface area contributed by atoms with Crippen LogP contribution in [0.5, 0.6) is 0 Å². The van der Waals surface area contributed by atoms with Crippen molar-refractivity contribution in [2.24, 2.45) is 11.8 Å². The molecule has 2 nitrogen and oxygen atoms in total. The molecule has 0 radical (unpaired) electrons. The van der Waals surface area contributed by atoms with Gasteiger partial charge < -0.3 is 5.32 Å². The molecular formula is C16H28N2S. The molecule has 0 aromatic carbocycles. The van der Waals surface area contributed by atoms with Crippen LogP contribution in [0, 0.1) is 18.8 Å². The van der Waals surface area contributed by atoms with Gasteiger partial charge in [0.15, 0.2) is 0 Å². The normalized spacial score (nSPS) is 25.4. The minimum atomic E-state index is 0.482. The molecule has 0 bridgehead atoms. The topological polar surface area (TPSA) is 24.9 Å². The monoisotopic (exact) mass is 280 g/mol. The molecule has 0 saturated heterocycles. The first kappa shape index (κ1) is 15.0. The molecule has 1 fully saturated rings. The summed E-state index contributed by atoms with van der Waals surface area (Å²) in [7, 11) is 0. The van der Waals surface area contributed by atoms with E-state index in [9.17, 15) is 0 Å². The van der Waals surface area contributed by atoms with Crippen LogP contribution in [0.4, 0.5) is 0 Å². The molecule has 108 valence electrons. The minimum Gasteiger partial charge on any atom is -0.308 e. The van der Waals surface area contributed by atoms with E-state index in [4.69, 9.17) is 4.98 Å². The highest BCUT2D eigenvalue weighted by Crippen LogP contribution is 2.40. The van der Waals surface area contributed by atoms with Crippen molar-refractivity contribution < 1.29 is 0 Å². The fraction of sp³-hybridized carbons (Fsp3) is 0.812. The van der Waals surface area contributed by atoms with Gasteiger partial charge in [-0.2, -0.15) is 0 Å². The Morgan fingerprint density at radius 1 is 1.37 bits per heavy atom. The number of hydrogen-bond acceptors (Lipinski definition) is 3. The standard InChI is InChI=1S/C16H28N2S/c1-4-10-17-16(15-11-19-12(3)18-15)14-9-7-6-8-13(14)5-2/h11,13-14,16-17H,4-10H2,1-3H3. The number of nitrogens with zero attached hydrogens (tertiary/aromatic N) is 1. The Kier molecular flexibility index (Phi) is 5.83. The molecule has 0 amide bonds. The van der Waals surface area contributed by atoms with E-state index >= 15 is 0 Å². The summed E-state index contributed by atoms with van der Waals surface area (Å²) in [5.41, 5.74) is 1.29. The Labute approximate surface area is 122 Å². The molecule has 1 heterocycles. The van der Waals surface area contributed by atoms with Crippen LogP contribution in [-0.2, 0) is 0 Å². The lowest BCUT2D eigenvalue weighted by atomic mass is 9.73. The minimum absolute atomic E-state index is 0.482. The second-order valence-corrected chi connectivity index (χ2v) is 6.90. The van der Waals surface area contributed by atoms with Gasteiger partial charge in [0.05, 0.1) is 16.7 Å². The molecule has 1 aromatic rings. The van der Waals surface area contributed by atoms with E-state index in [1.807, 2.05) is 0 Å². The number of aryl methyl sites for hydroxylation is 1. The third kappa shape index (κ3) is 3.79. The molecular weight excluding hydrogens is 252 g/mol. The average Bonchev–Trinajstić information content (AvgIpc) is 2.86. The molecule has 0 aliphatic heterocycles. The van der Waals surface area contributed by atoms with Gasteiger partial charge in [-0.1, -0.05) is 39.5 Å². The van der Waals surface area contributed by atoms with Gasteiger partial charge in [-0.15, -0.1) is 11.3 Å². The summed E-state index contributed by atoms with van der Waals surface area (Å²) in [6, 6.07) is 0.482. The van der Waals surface area contributed by atoms with Crippen molar-refractivity contribution in [2.75, 3.05) is 6.54 Å². The Morgan fingerprint density at radius 2 is 2.16 bits per heavy atom. The maximum absolute atomic E-state index is 4.76. The van der Waals surface area contributed by atoms with E-state index in [0.717, 1.165) is 18.4 Å². The lowest BCUT2D eigenvalue weighted by Gasteiger charge is -2.36. The number of thiazole rings is 1. The van der Waals surface area contributed by atoms with Crippen molar-refractivity contribution in [3.8, 4) is 0 Å². The lowest BCUT2D eigenvalue weighted by molar-refractivity contribution is 0.173. The molecule has 3 atom stereocenters. The van der Waals surface area contributed by atoms with Crippen LogP contribution in [0.1, 0.15) is 69.1 Å². The van der Waals surface area contributed by atoms with E-state index < -0.39 is 0 Å². The van der Waals surface area contributed by atoms with E-state index in [2.05, 4.69) is 31.5 Å². The van der Waals surface area contributed by atoms with Crippen molar-refractivity contribution in [1.82, 2.24) is 10.3 Å². The third-order valence-corrected chi connectivity index (χ3v) is 5.28. The summed E-state index contributed by atoms with van der Waals surface area (Å²) in [6.45, 7) is 7.82. The van der Waals surface area contributed by atoms with Crippen molar-refractivity contribution in [3.63, 3.8) is 0 Å². The summed E-state index contributed by atoms with van der Waals surface area (Å²) in [4.78, 5) is 4.76. The van der Waals surface area contributed by atoms with Crippen LogP contribution >= 0.6 is 11.3 Å². The fourth-order valence-electron chi connectivity index (χ4n) is 3.48. The number of nitrogens with one attached hydrogen (secondary N) is 1. The molecule has 1 aromatic heterocycles. The number of aromatic nitrogens is 1. The van der Waals surface area contributed by atoms with Gasteiger partial charge in [0.2, 0.25) is 0 Å². The molecule has 1 aliphatic carbocycles. The Morgan fingerprint density at radius 3 is 2.79 bits per heavy atom. The zero-order valence-electron chi connectivity index (χ0n) is 12.6. The van der Waals surface area contributed by atoms with Gasteiger partial charge in [-0.3, -0.25) is 0 Å². The van der Waals surface area contributed by atoms with Crippen LogP contribution in [0.3, 0.4) is 0 Å². The summed E-state index contributed by atoms with van der Waals surface area (Å²) >= 11 is 1.79. The quantitative estimate of drug-likeness (QED) is 0.816. The predicted octanol–water partition coefficient (Wildman–Crippen LogP) is 4.71. The van der Waals surface area contributed by atoms with Crippen LogP contribution in [0.15, 0.2) is 5.38 Å². The van der Waals surface area contributed by atoms with Crippen molar-refractivity contribution in [2.45, 2.75) is 65.3 Å². The van der Waals surface area contributed by atoms with Crippen molar-refractivity contribution >= 4 is 11.3 Å². The summed E-state index contributed by atoms with van der Waals surface area (Å²) in [6.07, 6.45) is 8.12. The van der Waals surface area contributed by atoms with E-state index in [1.54, 1.807) is 11.3 Å². The molecule has 2 rings (SSSR count). The highest BCUT2D eigenvalue weighted by atomic mass is 32.1. The smallest absolute Gasteiger partial charge is 0.0898 e. The maximum Gasteiger partial charge on any atom is 0.0898 e. The second-order valence-electron chi connectivity index (χ2n) is 5.84. The zero-order chi connectivity index (χ0) is 13.7. The average molecular weight is 280 g/mol. The molecule has 1 aliphatic rings. The SMILES string of the molecule is CCCNC(c1csc(C)n1)C1CCCCC1CC. The van der Waals surface area contributed by atoms with Gasteiger partial charge in [-0.25, -0.2) is 4.98 Å². The molecule has 3 unspecified atom stereocenters. The molecule has 19 heavy (non-hydrogen) atoms. The van der Waals surface area contributed by atoms with E-state index in [0.29, 0.717) is 6.04 Å². The van der Waals surface area contributed by atoms with Crippen LogP contribution in [-0.4, -0.2) is 11.5 Å². The Balaban J connectivity index is 2.15.